The molecule has 0 saturated carbocycles. The molecule has 21 heavy (non-hydrogen) atoms. The molecule has 0 spiro atoms. The molecule has 106 valence electrons. The molecule has 0 aliphatic rings. The van der Waals surface area contributed by atoms with Crippen molar-refractivity contribution < 1.29 is 4.39 Å². The third-order valence-electron chi connectivity index (χ3n) is 3.03. The molecule has 0 amide bonds. The standard InChI is InChI=1S/C16H14FN3S/c1-10(11-3-4-12(9-18)15(17)7-11)14-6-5-13(20-21-2)8-16(14)19/h3-8,20H,1,19H2,2H3. The highest BCUT2D eigenvalue weighted by Crippen LogP contribution is 2.29. The lowest BCUT2D eigenvalue weighted by atomic mass is 9.97. The Labute approximate surface area is 127 Å². The highest BCUT2D eigenvalue weighted by molar-refractivity contribution is 7.99. The average molecular weight is 299 g/mol. The van der Waals surface area contributed by atoms with Crippen LogP contribution in [0.2, 0.25) is 0 Å². The number of benzene rings is 2. The van der Waals surface area contributed by atoms with E-state index >= 15 is 0 Å². The fraction of sp³-hybridized carbons (Fsp3) is 0.0625. The second-order valence-electron chi connectivity index (χ2n) is 4.39. The van der Waals surface area contributed by atoms with Crippen molar-refractivity contribution in [3.05, 3.63) is 65.5 Å². The highest BCUT2D eigenvalue weighted by atomic mass is 32.2. The van der Waals surface area contributed by atoms with Gasteiger partial charge in [0.25, 0.3) is 0 Å². The summed E-state index contributed by atoms with van der Waals surface area (Å²) in [5.41, 5.74) is 9.45. The topological polar surface area (TPSA) is 61.8 Å². The Morgan fingerprint density at radius 3 is 2.67 bits per heavy atom. The van der Waals surface area contributed by atoms with Gasteiger partial charge in [-0.05, 0) is 35.4 Å². The Kier molecular flexibility index (Phi) is 4.51. The SMILES string of the molecule is C=C(c1ccc(C#N)c(F)c1)c1ccc(NSC)cc1N. The molecule has 0 heterocycles. The van der Waals surface area contributed by atoms with Crippen molar-refractivity contribution in [2.75, 3.05) is 16.7 Å². The van der Waals surface area contributed by atoms with E-state index in [0.29, 0.717) is 16.8 Å². The van der Waals surface area contributed by atoms with Gasteiger partial charge in [0.1, 0.15) is 11.9 Å². The van der Waals surface area contributed by atoms with Crippen molar-refractivity contribution in [2.24, 2.45) is 0 Å². The largest absolute Gasteiger partial charge is 0.398 e. The lowest BCUT2D eigenvalue weighted by Crippen LogP contribution is -1.97. The number of hydrogen-bond donors (Lipinski definition) is 2. The summed E-state index contributed by atoms with van der Waals surface area (Å²) in [7, 11) is 0. The number of rotatable bonds is 4. The predicted molar refractivity (Wildman–Crippen MR) is 87.2 cm³/mol. The van der Waals surface area contributed by atoms with Crippen LogP contribution in [-0.4, -0.2) is 6.26 Å². The number of nitrogens with zero attached hydrogens (tertiary/aromatic N) is 1. The van der Waals surface area contributed by atoms with E-state index in [2.05, 4.69) is 11.3 Å². The monoisotopic (exact) mass is 299 g/mol. The molecule has 3 nitrogen and oxygen atoms in total. The second-order valence-corrected chi connectivity index (χ2v) is 5.01. The first-order chi connectivity index (χ1) is 10.1. The molecular weight excluding hydrogens is 285 g/mol. The summed E-state index contributed by atoms with van der Waals surface area (Å²) >= 11 is 1.47. The van der Waals surface area contributed by atoms with Crippen molar-refractivity contribution in [1.29, 1.82) is 5.26 Å². The second kappa shape index (κ2) is 6.33. The van der Waals surface area contributed by atoms with Gasteiger partial charge in [0.2, 0.25) is 0 Å². The molecule has 0 aliphatic heterocycles. The van der Waals surface area contributed by atoms with Crippen LogP contribution in [0, 0.1) is 17.1 Å². The fourth-order valence-corrected chi connectivity index (χ4v) is 2.33. The number of nitrogens with two attached hydrogens (primary N) is 1. The minimum absolute atomic E-state index is 0.0130. The van der Waals surface area contributed by atoms with Crippen LogP contribution in [0.5, 0.6) is 0 Å². The molecular formula is C16H14FN3S. The predicted octanol–water partition coefficient (Wildman–Crippen LogP) is 4.03. The van der Waals surface area contributed by atoms with Gasteiger partial charge in [-0.2, -0.15) is 5.26 Å². The van der Waals surface area contributed by atoms with Crippen LogP contribution in [0.3, 0.4) is 0 Å². The quantitative estimate of drug-likeness (QED) is 0.661. The highest BCUT2D eigenvalue weighted by Gasteiger charge is 2.10. The van der Waals surface area contributed by atoms with Gasteiger partial charge in [-0.3, -0.25) is 0 Å². The molecule has 2 aromatic carbocycles. The van der Waals surface area contributed by atoms with Gasteiger partial charge in [-0.25, -0.2) is 4.39 Å². The molecule has 0 aromatic heterocycles. The van der Waals surface area contributed by atoms with Crippen LogP contribution in [-0.2, 0) is 0 Å². The van der Waals surface area contributed by atoms with Crippen LogP contribution < -0.4 is 10.5 Å². The Morgan fingerprint density at radius 1 is 1.33 bits per heavy atom. The number of halogens is 1. The zero-order chi connectivity index (χ0) is 15.4. The summed E-state index contributed by atoms with van der Waals surface area (Å²) < 4.78 is 16.8. The minimum Gasteiger partial charge on any atom is -0.398 e. The molecule has 0 radical (unpaired) electrons. The third-order valence-corrected chi connectivity index (χ3v) is 3.47. The minimum atomic E-state index is -0.560. The van der Waals surface area contributed by atoms with Crippen molar-refractivity contribution in [1.82, 2.24) is 0 Å². The van der Waals surface area contributed by atoms with E-state index in [9.17, 15) is 4.39 Å². The van der Waals surface area contributed by atoms with Gasteiger partial charge in [-0.15, -0.1) is 0 Å². The van der Waals surface area contributed by atoms with E-state index < -0.39 is 5.82 Å². The summed E-state index contributed by atoms with van der Waals surface area (Å²) in [6.07, 6.45) is 1.92. The van der Waals surface area contributed by atoms with Gasteiger partial charge in [0.05, 0.1) is 5.56 Å². The first kappa shape index (κ1) is 14.9. The van der Waals surface area contributed by atoms with Crippen LogP contribution >= 0.6 is 11.9 Å². The first-order valence-electron chi connectivity index (χ1n) is 6.14. The summed E-state index contributed by atoms with van der Waals surface area (Å²) in [4.78, 5) is 0. The van der Waals surface area contributed by atoms with Crippen LogP contribution in [0.25, 0.3) is 5.57 Å². The number of hydrogen-bond acceptors (Lipinski definition) is 4. The molecule has 2 rings (SSSR count). The van der Waals surface area contributed by atoms with Crippen molar-refractivity contribution in [2.45, 2.75) is 0 Å². The molecule has 2 aromatic rings. The molecule has 0 atom stereocenters. The van der Waals surface area contributed by atoms with Gasteiger partial charge < -0.3 is 10.5 Å². The van der Waals surface area contributed by atoms with E-state index in [0.717, 1.165) is 11.3 Å². The average Bonchev–Trinajstić information content (AvgIpc) is 2.47. The number of nitrogen functional groups attached to an aromatic ring is 1. The van der Waals surface area contributed by atoms with Gasteiger partial charge in [-0.1, -0.05) is 30.7 Å². The lowest BCUT2D eigenvalue weighted by molar-refractivity contribution is 0.623. The Hall–Kier alpha value is -2.45. The van der Waals surface area contributed by atoms with E-state index in [1.807, 2.05) is 18.4 Å². The maximum absolute atomic E-state index is 13.7. The summed E-state index contributed by atoms with van der Waals surface area (Å²) in [5, 5.41) is 8.75. The third kappa shape index (κ3) is 3.18. The fourth-order valence-electron chi connectivity index (χ4n) is 1.97. The Balaban J connectivity index is 2.36. The molecule has 0 unspecified atom stereocenters. The summed E-state index contributed by atoms with van der Waals surface area (Å²) in [5.74, 6) is -0.560. The van der Waals surface area contributed by atoms with E-state index in [-0.39, 0.29) is 5.56 Å². The maximum Gasteiger partial charge on any atom is 0.141 e. The zero-order valence-electron chi connectivity index (χ0n) is 11.5. The lowest BCUT2D eigenvalue weighted by Gasteiger charge is -2.12. The molecule has 5 heteroatoms. The maximum atomic E-state index is 13.7. The smallest absolute Gasteiger partial charge is 0.141 e. The molecule has 0 saturated heterocycles. The van der Waals surface area contributed by atoms with E-state index in [1.165, 1.54) is 24.1 Å². The van der Waals surface area contributed by atoms with Gasteiger partial charge in [0.15, 0.2) is 0 Å². The van der Waals surface area contributed by atoms with E-state index in [1.54, 1.807) is 18.2 Å². The number of nitriles is 1. The van der Waals surface area contributed by atoms with Crippen LogP contribution in [0.15, 0.2) is 43.0 Å². The van der Waals surface area contributed by atoms with Gasteiger partial charge in [0, 0.05) is 23.2 Å². The number of nitrogens with one attached hydrogen (secondary N) is 1. The van der Waals surface area contributed by atoms with Crippen LogP contribution in [0.4, 0.5) is 15.8 Å². The summed E-state index contributed by atoms with van der Waals surface area (Å²) in [6.45, 7) is 3.97. The van der Waals surface area contributed by atoms with Crippen molar-refractivity contribution in [3.8, 4) is 6.07 Å². The van der Waals surface area contributed by atoms with E-state index in [4.69, 9.17) is 11.0 Å². The van der Waals surface area contributed by atoms with Crippen molar-refractivity contribution >= 4 is 28.9 Å². The molecule has 3 N–H and O–H groups in total. The molecule has 0 fully saturated rings. The number of anilines is 2. The molecule has 0 bridgehead atoms. The summed E-state index contributed by atoms with van der Waals surface area (Å²) in [6, 6.07) is 11.7. The Bertz CT molecular complexity index is 735. The molecule has 0 aliphatic carbocycles. The van der Waals surface area contributed by atoms with Crippen molar-refractivity contribution in [3.63, 3.8) is 0 Å². The zero-order valence-corrected chi connectivity index (χ0v) is 12.3. The van der Waals surface area contributed by atoms with Crippen LogP contribution in [0.1, 0.15) is 16.7 Å². The first-order valence-corrected chi connectivity index (χ1v) is 7.37. The van der Waals surface area contributed by atoms with Gasteiger partial charge >= 0.3 is 0 Å². The Morgan fingerprint density at radius 2 is 2.10 bits per heavy atom. The normalized spacial score (nSPS) is 9.95.